The highest BCUT2D eigenvalue weighted by molar-refractivity contribution is 5.70. The van der Waals surface area contributed by atoms with E-state index in [4.69, 9.17) is 5.11 Å². The fourth-order valence-corrected chi connectivity index (χ4v) is 1.15. The lowest BCUT2D eigenvalue weighted by Crippen LogP contribution is -2.22. The van der Waals surface area contributed by atoms with Crippen LogP contribution in [0.4, 0.5) is 8.78 Å². The molecule has 0 aliphatic carbocycles. The first-order valence-electron chi connectivity index (χ1n) is 4.34. The average Bonchev–Trinajstić information content (AvgIpc) is 1.82. The summed E-state index contributed by atoms with van der Waals surface area (Å²) < 4.78 is 24.8. The molecule has 78 valence electrons. The molecule has 0 rings (SSSR count). The van der Waals surface area contributed by atoms with E-state index in [-0.39, 0.29) is 18.8 Å². The minimum Gasteiger partial charge on any atom is -0.481 e. The predicted octanol–water partition coefficient (Wildman–Crippen LogP) is 2.78. The van der Waals surface area contributed by atoms with Gasteiger partial charge in [0.05, 0.1) is 5.92 Å². The summed E-state index contributed by atoms with van der Waals surface area (Å²) in [5, 5.41) is 8.70. The monoisotopic (exact) mass is 194 g/mol. The Hall–Kier alpha value is -0.670. The fourth-order valence-electron chi connectivity index (χ4n) is 1.15. The number of alkyl halides is 2. The van der Waals surface area contributed by atoms with Gasteiger partial charge in [0, 0.05) is 6.42 Å². The minimum atomic E-state index is -2.76. The van der Waals surface area contributed by atoms with Gasteiger partial charge >= 0.3 is 5.97 Å². The zero-order valence-electron chi connectivity index (χ0n) is 8.18. The highest BCUT2D eigenvalue weighted by Gasteiger charge is 2.27. The summed E-state index contributed by atoms with van der Waals surface area (Å²) in [7, 11) is 0. The second-order valence-electron chi connectivity index (χ2n) is 3.80. The van der Waals surface area contributed by atoms with Crippen molar-refractivity contribution in [1.29, 1.82) is 0 Å². The highest BCUT2D eigenvalue weighted by atomic mass is 19.3. The molecule has 1 atom stereocenters. The van der Waals surface area contributed by atoms with E-state index in [2.05, 4.69) is 0 Å². The maximum Gasteiger partial charge on any atom is 0.306 e. The molecule has 0 spiro atoms. The van der Waals surface area contributed by atoms with Gasteiger partial charge in [0.15, 0.2) is 0 Å². The number of carboxylic acids is 1. The molecule has 13 heavy (non-hydrogen) atoms. The fraction of sp³-hybridized carbons (Fsp3) is 0.889. The summed E-state index contributed by atoms with van der Waals surface area (Å²) in [6.07, 6.45) is -0.321. The number of carbonyl (C=O) groups is 1. The van der Waals surface area contributed by atoms with Crippen molar-refractivity contribution in [2.75, 3.05) is 0 Å². The zero-order valence-corrected chi connectivity index (χ0v) is 8.18. The van der Waals surface area contributed by atoms with Gasteiger partial charge in [0.1, 0.15) is 0 Å². The summed E-state index contributed by atoms with van der Waals surface area (Å²) in [6.45, 7) is 4.27. The van der Waals surface area contributed by atoms with Crippen LogP contribution in [0.2, 0.25) is 0 Å². The lowest BCUT2D eigenvalue weighted by atomic mass is 9.90. The van der Waals surface area contributed by atoms with Crippen LogP contribution in [0, 0.1) is 11.8 Å². The lowest BCUT2D eigenvalue weighted by Gasteiger charge is -2.18. The third kappa shape index (κ3) is 5.55. The van der Waals surface area contributed by atoms with Crippen LogP contribution >= 0.6 is 0 Å². The molecule has 2 nitrogen and oxygen atoms in total. The summed E-state index contributed by atoms with van der Waals surface area (Å²) in [5.74, 6) is -4.51. The van der Waals surface area contributed by atoms with Crippen molar-refractivity contribution in [2.24, 2.45) is 11.8 Å². The van der Waals surface area contributed by atoms with Gasteiger partial charge in [-0.15, -0.1) is 0 Å². The van der Waals surface area contributed by atoms with E-state index in [1.54, 1.807) is 13.8 Å². The van der Waals surface area contributed by atoms with Crippen molar-refractivity contribution in [1.82, 2.24) is 0 Å². The van der Waals surface area contributed by atoms with Crippen molar-refractivity contribution in [3.63, 3.8) is 0 Å². The van der Waals surface area contributed by atoms with Crippen LogP contribution in [0.5, 0.6) is 0 Å². The van der Waals surface area contributed by atoms with E-state index in [9.17, 15) is 13.6 Å². The highest BCUT2D eigenvalue weighted by Crippen LogP contribution is 2.25. The van der Waals surface area contributed by atoms with Gasteiger partial charge in [-0.1, -0.05) is 13.8 Å². The molecule has 0 aromatic heterocycles. The Kier molecular flexibility index (Phi) is 4.30. The summed E-state index contributed by atoms with van der Waals surface area (Å²) >= 11 is 0. The van der Waals surface area contributed by atoms with Crippen LogP contribution < -0.4 is 0 Å². The smallest absolute Gasteiger partial charge is 0.306 e. The molecule has 0 fully saturated rings. The van der Waals surface area contributed by atoms with E-state index >= 15 is 0 Å². The van der Waals surface area contributed by atoms with Crippen molar-refractivity contribution in [3.05, 3.63) is 0 Å². The van der Waals surface area contributed by atoms with E-state index in [0.29, 0.717) is 0 Å². The molecular weight excluding hydrogens is 178 g/mol. The molecule has 1 N–H and O–H groups in total. The van der Waals surface area contributed by atoms with Crippen molar-refractivity contribution >= 4 is 5.97 Å². The number of rotatable bonds is 5. The molecule has 4 heteroatoms. The normalized spacial score (nSPS) is 14.6. The van der Waals surface area contributed by atoms with E-state index in [1.807, 2.05) is 0 Å². The topological polar surface area (TPSA) is 37.3 Å². The number of halogens is 2. The first kappa shape index (κ1) is 12.3. The van der Waals surface area contributed by atoms with Crippen LogP contribution in [-0.4, -0.2) is 17.0 Å². The average molecular weight is 194 g/mol. The maximum absolute atomic E-state index is 12.4. The molecule has 0 amide bonds. The van der Waals surface area contributed by atoms with E-state index in [0.717, 1.165) is 6.92 Å². The van der Waals surface area contributed by atoms with Crippen molar-refractivity contribution < 1.29 is 18.7 Å². The van der Waals surface area contributed by atoms with Crippen LogP contribution in [-0.2, 0) is 4.79 Å². The van der Waals surface area contributed by atoms with Gasteiger partial charge in [-0.2, -0.15) is 0 Å². The Morgan fingerprint density at radius 2 is 1.92 bits per heavy atom. The first-order valence-corrected chi connectivity index (χ1v) is 4.34. The summed E-state index contributed by atoms with van der Waals surface area (Å²) in [5.41, 5.74) is 0. The maximum atomic E-state index is 12.4. The zero-order chi connectivity index (χ0) is 10.6. The van der Waals surface area contributed by atoms with E-state index < -0.39 is 17.8 Å². The largest absolute Gasteiger partial charge is 0.481 e. The van der Waals surface area contributed by atoms with Gasteiger partial charge in [-0.25, -0.2) is 8.78 Å². The third-order valence-electron chi connectivity index (χ3n) is 2.02. The van der Waals surface area contributed by atoms with Crippen LogP contribution in [0.15, 0.2) is 0 Å². The number of hydrogen-bond donors (Lipinski definition) is 1. The van der Waals surface area contributed by atoms with Crippen LogP contribution in [0.3, 0.4) is 0 Å². The van der Waals surface area contributed by atoms with Gasteiger partial charge < -0.3 is 5.11 Å². The minimum absolute atomic E-state index is 0.0382. The molecule has 0 saturated carbocycles. The number of aliphatic carboxylic acids is 1. The second-order valence-corrected chi connectivity index (χ2v) is 3.80. The molecule has 1 unspecified atom stereocenters. The molecule has 0 heterocycles. The quantitative estimate of drug-likeness (QED) is 0.730. The summed E-state index contributed by atoms with van der Waals surface area (Å²) in [6, 6.07) is 0. The van der Waals surface area contributed by atoms with Gasteiger partial charge in [-0.05, 0) is 19.3 Å². The Morgan fingerprint density at radius 1 is 1.46 bits per heavy atom. The molecular formula is C9H16F2O2. The van der Waals surface area contributed by atoms with E-state index in [1.165, 1.54) is 0 Å². The third-order valence-corrected chi connectivity index (χ3v) is 2.02. The molecule has 0 aliphatic heterocycles. The molecule has 0 saturated heterocycles. The molecule has 0 aliphatic rings. The Bertz CT molecular complexity index is 173. The Balaban J connectivity index is 4.06. The summed E-state index contributed by atoms with van der Waals surface area (Å²) in [4.78, 5) is 10.6. The number of carboxylic acid groups (broad SMARTS) is 1. The van der Waals surface area contributed by atoms with Crippen LogP contribution in [0.25, 0.3) is 0 Å². The lowest BCUT2D eigenvalue weighted by molar-refractivity contribution is -0.144. The molecule has 0 bridgehead atoms. The van der Waals surface area contributed by atoms with Crippen LogP contribution in [0.1, 0.15) is 33.6 Å². The van der Waals surface area contributed by atoms with Crippen molar-refractivity contribution in [2.45, 2.75) is 39.5 Å². The second kappa shape index (κ2) is 4.53. The van der Waals surface area contributed by atoms with Gasteiger partial charge in [0.25, 0.3) is 0 Å². The standard InChI is InChI=1S/C9H16F2O2/c1-6(2)7(8(12)13)4-5-9(3,10)11/h6-7H,4-5H2,1-3H3,(H,12,13). The number of hydrogen-bond acceptors (Lipinski definition) is 1. The SMILES string of the molecule is CC(C)C(CCC(C)(F)F)C(=O)O. The predicted molar refractivity (Wildman–Crippen MR) is 45.8 cm³/mol. The first-order chi connectivity index (χ1) is 5.74. The molecule has 0 radical (unpaired) electrons. The molecule has 0 aromatic carbocycles. The van der Waals surface area contributed by atoms with Gasteiger partial charge in [0.2, 0.25) is 5.92 Å². The Morgan fingerprint density at radius 3 is 2.15 bits per heavy atom. The molecule has 0 aromatic rings. The van der Waals surface area contributed by atoms with Crippen molar-refractivity contribution in [3.8, 4) is 0 Å². The van der Waals surface area contributed by atoms with Gasteiger partial charge in [-0.3, -0.25) is 4.79 Å². The Labute approximate surface area is 76.9 Å².